The second-order valence-corrected chi connectivity index (χ2v) is 7.91. The van der Waals surface area contributed by atoms with Crippen molar-refractivity contribution in [1.82, 2.24) is 0 Å². The number of anilines is 1. The Hall–Kier alpha value is -3.25. The number of nitrogens with one attached hydrogen (secondary N) is 1. The van der Waals surface area contributed by atoms with E-state index in [1.54, 1.807) is 66.7 Å². The molecule has 0 fully saturated rings. The molecule has 0 saturated heterocycles. The molecule has 0 radical (unpaired) electrons. The maximum Gasteiger partial charge on any atom is 0.262 e. The van der Waals surface area contributed by atoms with E-state index in [1.807, 2.05) is 0 Å². The van der Waals surface area contributed by atoms with Gasteiger partial charge in [0.25, 0.3) is 10.0 Å². The van der Waals surface area contributed by atoms with Gasteiger partial charge in [-0.3, -0.25) is 4.72 Å². The molecule has 0 heterocycles. The molecule has 28 heavy (non-hydrogen) atoms. The summed E-state index contributed by atoms with van der Waals surface area (Å²) in [6, 6.07) is 22.3. The molecule has 0 amide bonds. The highest BCUT2D eigenvalue weighted by atomic mass is 32.2. The number of rotatable bonds is 4. The smallest absolute Gasteiger partial charge is 0.262 e. The molecule has 0 aromatic heterocycles. The van der Waals surface area contributed by atoms with E-state index < -0.39 is 21.7 Å². The largest absolute Gasteiger partial charge is 0.277 e. The van der Waals surface area contributed by atoms with Gasteiger partial charge in [-0.15, -0.1) is 0 Å². The zero-order valence-electron chi connectivity index (χ0n) is 14.6. The minimum Gasteiger partial charge on any atom is -0.277 e. The van der Waals surface area contributed by atoms with Crippen molar-refractivity contribution in [2.24, 2.45) is 0 Å². The maximum absolute atomic E-state index is 14.3. The summed E-state index contributed by atoms with van der Waals surface area (Å²) in [4.78, 5) is 0.0237. The first-order valence-corrected chi connectivity index (χ1v) is 9.99. The van der Waals surface area contributed by atoms with Gasteiger partial charge < -0.3 is 0 Å². The normalized spacial score (nSPS) is 11.5. The van der Waals surface area contributed by atoms with Gasteiger partial charge in [0.1, 0.15) is 11.6 Å². The molecule has 0 atom stereocenters. The highest BCUT2D eigenvalue weighted by Gasteiger charge is 2.20. The molecule has 0 spiro atoms. The summed E-state index contributed by atoms with van der Waals surface area (Å²) >= 11 is 0. The van der Waals surface area contributed by atoms with Gasteiger partial charge in [0, 0.05) is 17.0 Å². The fourth-order valence-corrected chi connectivity index (χ4v) is 4.38. The number of sulfonamides is 1. The van der Waals surface area contributed by atoms with Crippen LogP contribution in [0.15, 0.2) is 89.8 Å². The highest BCUT2D eigenvalue weighted by molar-refractivity contribution is 7.93. The predicted octanol–water partition coefficient (Wildman–Crippen LogP) is 5.59. The molecule has 0 aliphatic carbocycles. The number of benzene rings is 4. The van der Waals surface area contributed by atoms with Crippen LogP contribution in [0, 0.1) is 11.6 Å². The fourth-order valence-electron chi connectivity index (χ4n) is 3.10. The van der Waals surface area contributed by atoms with Gasteiger partial charge >= 0.3 is 0 Å². The Bertz CT molecular complexity index is 1270. The molecular formula is C22H15F2NO2S. The van der Waals surface area contributed by atoms with Gasteiger partial charge in [-0.2, -0.15) is 0 Å². The monoisotopic (exact) mass is 395 g/mol. The molecule has 0 unspecified atom stereocenters. The summed E-state index contributed by atoms with van der Waals surface area (Å²) in [7, 11) is -4.09. The SMILES string of the molecule is O=S(=O)(Nc1cc(-c2ccccc2)c(F)cc1F)c1cccc2ccccc12. The third kappa shape index (κ3) is 3.34. The van der Waals surface area contributed by atoms with Crippen molar-refractivity contribution >= 4 is 26.5 Å². The molecular weight excluding hydrogens is 380 g/mol. The van der Waals surface area contributed by atoms with Gasteiger partial charge in [0.2, 0.25) is 0 Å². The van der Waals surface area contributed by atoms with Gasteiger partial charge in [-0.05, 0) is 23.1 Å². The maximum atomic E-state index is 14.3. The van der Waals surface area contributed by atoms with Crippen LogP contribution in [0.4, 0.5) is 14.5 Å². The number of hydrogen-bond donors (Lipinski definition) is 1. The Labute approximate surface area is 161 Å². The third-order valence-corrected chi connectivity index (χ3v) is 5.85. The molecule has 4 aromatic carbocycles. The highest BCUT2D eigenvalue weighted by Crippen LogP contribution is 2.31. The molecule has 140 valence electrons. The van der Waals surface area contributed by atoms with Crippen LogP contribution < -0.4 is 4.72 Å². The molecule has 0 bridgehead atoms. The standard InChI is InChI=1S/C22H15F2NO2S/c23-19-14-20(24)21(13-18(19)16-7-2-1-3-8-16)25-28(26,27)22-12-6-10-15-9-4-5-11-17(15)22/h1-14,25H. The molecule has 1 N–H and O–H groups in total. The molecule has 0 saturated carbocycles. The summed E-state index contributed by atoms with van der Waals surface area (Å²) < 4.78 is 56.7. The summed E-state index contributed by atoms with van der Waals surface area (Å²) in [6.45, 7) is 0. The Balaban J connectivity index is 1.80. The second kappa shape index (κ2) is 7.05. The van der Waals surface area contributed by atoms with Crippen molar-refractivity contribution in [3.05, 3.63) is 96.6 Å². The predicted molar refractivity (Wildman–Crippen MR) is 107 cm³/mol. The zero-order chi connectivity index (χ0) is 19.7. The molecule has 4 rings (SSSR count). The Morgan fingerprint density at radius 1 is 0.714 bits per heavy atom. The van der Waals surface area contributed by atoms with Crippen LogP contribution >= 0.6 is 0 Å². The van der Waals surface area contributed by atoms with Crippen molar-refractivity contribution in [3.63, 3.8) is 0 Å². The van der Waals surface area contributed by atoms with E-state index in [0.29, 0.717) is 17.0 Å². The van der Waals surface area contributed by atoms with E-state index in [9.17, 15) is 17.2 Å². The minimum atomic E-state index is -4.09. The Morgan fingerprint density at radius 3 is 2.18 bits per heavy atom. The van der Waals surface area contributed by atoms with Crippen molar-refractivity contribution in [2.75, 3.05) is 4.72 Å². The van der Waals surface area contributed by atoms with E-state index in [1.165, 1.54) is 12.1 Å². The zero-order valence-corrected chi connectivity index (χ0v) is 15.4. The Morgan fingerprint density at radius 2 is 1.39 bits per heavy atom. The van der Waals surface area contributed by atoms with Gasteiger partial charge in [0.05, 0.1) is 10.6 Å². The topological polar surface area (TPSA) is 46.2 Å². The van der Waals surface area contributed by atoms with Crippen LogP contribution in [-0.2, 0) is 10.0 Å². The summed E-state index contributed by atoms with van der Waals surface area (Å²) in [5.74, 6) is -1.75. The lowest BCUT2D eigenvalue weighted by Gasteiger charge is -2.13. The quantitative estimate of drug-likeness (QED) is 0.490. The molecule has 4 aromatic rings. The summed E-state index contributed by atoms with van der Waals surface area (Å²) in [5, 5.41) is 1.26. The fraction of sp³-hybridized carbons (Fsp3) is 0. The molecule has 3 nitrogen and oxygen atoms in total. The number of halogens is 2. The van der Waals surface area contributed by atoms with Crippen LogP contribution in [0.1, 0.15) is 0 Å². The minimum absolute atomic E-state index is 0.0237. The van der Waals surface area contributed by atoms with E-state index >= 15 is 0 Å². The van der Waals surface area contributed by atoms with Crippen LogP contribution in [0.3, 0.4) is 0 Å². The van der Waals surface area contributed by atoms with E-state index in [-0.39, 0.29) is 16.1 Å². The second-order valence-electron chi connectivity index (χ2n) is 6.26. The van der Waals surface area contributed by atoms with Gasteiger partial charge in [0.15, 0.2) is 0 Å². The molecule has 0 aliphatic heterocycles. The van der Waals surface area contributed by atoms with Crippen LogP contribution in [0.2, 0.25) is 0 Å². The first-order valence-electron chi connectivity index (χ1n) is 8.51. The van der Waals surface area contributed by atoms with Crippen LogP contribution in [0.5, 0.6) is 0 Å². The number of hydrogen-bond acceptors (Lipinski definition) is 2. The summed E-state index contributed by atoms with van der Waals surface area (Å²) in [5.41, 5.74) is 0.316. The molecule has 6 heteroatoms. The van der Waals surface area contributed by atoms with Crippen molar-refractivity contribution in [2.45, 2.75) is 4.90 Å². The van der Waals surface area contributed by atoms with Crippen molar-refractivity contribution in [3.8, 4) is 11.1 Å². The average molecular weight is 395 g/mol. The van der Waals surface area contributed by atoms with E-state index in [0.717, 1.165) is 5.39 Å². The Kier molecular flexibility index (Phi) is 4.57. The van der Waals surface area contributed by atoms with Crippen molar-refractivity contribution < 1.29 is 17.2 Å². The van der Waals surface area contributed by atoms with Crippen LogP contribution in [-0.4, -0.2) is 8.42 Å². The van der Waals surface area contributed by atoms with Gasteiger partial charge in [-0.25, -0.2) is 17.2 Å². The third-order valence-electron chi connectivity index (χ3n) is 4.42. The van der Waals surface area contributed by atoms with E-state index in [4.69, 9.17) is 0 Å². The lowest BCUT2D eigenvalue weighted by Crippen LogP contribution is -2.14. The van der Waals surface area contributed by atoms with Crippen LogP contribution in [0.25, 0.3) is 21.9 Å². The number of fused-ring (bicyclic) bond motifs is 1. The van der Waals surface area contributed by atoms with E-state index in [2.05, 4.69) is 4.72 Å². The summed E-state index contributed by atoms with van der Waals surface area (Å²) in [6.07, 6.45) is 0. The lowest BCUT2D eigenvalue weighted by atomic mass is 10.0. The van der Waals surface area contributed by atoms with Crippen molar-refractivity contribution in [1.29, 1.82) is 0 Å². The first-order chi connectivity index (χ1) is 13.5. The first kappa shape index (κ1) is 18.1. The molecule has 0 aliphatic rings. The average Bonchev–Trinajstić information content (AvgIpc) is 2.70. The lowest BCUT2D eigenvalue weighted by molar-refractivity contribution is 0.585. The van der Waals surface area contributed by atoms with Gasteiger partial charge in [-0.1, -0.05) is 66.7 Å².